The van der Waals surface area contributed by atoms with E-state index in [4.69, 9.17) is 5.11 Å². The van der Waals surface area contributed by atoms with Crippen molar-refractivity contribution < 1.29 is 14.7 Å². The summed E-state index contributed by atoms with van der Waals surface area (Å²) in [4.78, 5) is 24.2. The van der Waals surface area contributed by atoms with Gasteiger partial charge in [-0.05, 0) is 30.0 Å². The van der Waals surface area contributed by atoms with Crippen molar-refractivity contribution in [1.82, 2.24) is 10.2 Å². The minimum Gasteiger partial charge on any atom is -0.478 e. The average molecular weight is 278 g/mol. The van der Waals surface area contributed by atoms with Crippen LogP contribution in [0.1, 0.15) is 36.2 Å². The number of amides is 2. The first kappa shape index (κ1) is 16.0. The lowest BCUT2D eigenvalue weighted by Gasteiger charge is -2.19. The van der Waals surface area contributed by atoms with Gasteiger partial charge in [0.05, 0.1) is 5.56 Å². The number of rotatable bonds is 6. The van der Waals surface area contributed by atoms with Crippen LogP contribution in [0.15, 0.2) is 24.3 Å². The van der Waals surface area contributed by atoms with Crippen molar-refractivity contribution in [3.63, 3.8) is 0 Å². The standard InChI is InChI=1S/C15H22N2O3/c1-11(2)8-9-17(3)15(20)16-10-12-4-6-13(7-5-12)14(18)19/h4-7,11H,8-10H2,1-3H3,(H,16,20)(H,18,19). The normalized spacial score (nSPS) is 10.4. The van der Waals surface area contributed by atoms with Gasteiger partial charge in [-0.2, -0.15) is 0 Å². The zero-order valence-electron chi connectivity index (χ0n) is 12.2. The molecule has 0 bridgehead atoms. The van der Waals surface area contributed by atoms with E-state index < -0.39 is 5.97 Å². The second kappa shape index (κ2) is 7.53. The Bertz CT molecular complexity index is 455. The quantitative estimate of drug-likeness (QED) is 0.840. The molecule has 110 valence electrons. The highest BCUT2D eigenvalue weighted by atomic mass is 16.4. The Kier molecular flexibility index (Phi) is 6.03. The first-order chi connectivity index (χ1) is 9.40. The van der Waals surface area contributed by atoms with Gasteiger partial charge in [-0.3, -0.25) is 0 Å². The minimum absolute atomic E-state index is 0.118. The van der Waals surface area contributed by atoms with Crippen molar-refractivity contribution in [1.29, 1.82) is 0 Å². The fourth-order valence-corrected chi connectivity index (χ4v) is 1.63. The maximum Gasteiger partial charge on any atom is 0.335 e. The first-order valence-electron chi connectivity index (χ1n) is 6.71. The maximum atomic E-state index is 11.8. The molecule has 0 saturated heterocycles. The fraction of sp³-hybridized carbons (Fsp3) is 0.467. The molecule has 0 fully saturated rings. The van der Waals surface area contributed by atoms with Gasteiger partial charge in [0.1, 0.15) is 0 Å². The van der Waals surface area contributed by atoms with Gasteiger partial charge in [0, 0.05) is 20.1 Å². The summed E-state index contributed by atoms with van der Waals surface area (Å²) in [7, 11) is 1.77. The number of hydrogen-bond donors (Lipinski definition) is 2. The molecule has 1 aromatic carbocycles. The van der Waals surface area contributed by atoms with Crippen molar-refractivity contribution in [2.24, 2.45) is 5.92 Å². The summed E-state index contributed by atoms with van der Waals surface area (Å²) in [5.41, 5.74) is 1.12. The molecule has 20 heavy (non-hydrogen) atoms. The van der Waals surface area contributed by atoms with Crippen LogP contribution in [0.2, 0.25) is 0 Å². The Balaban J connectivity index is 2.42. The molecule has 5 heteroatoms. The van der Waals surface area contributed by atoms with E-state index in [1.807, 2.05) is 0 Å². The van der Waals surface area contributed by atoms with Crippen molar-refractivity contribution in [2.45, 2.75) is 26.8 Å². The molecule has 0 aliphatic carbocycles. The molecule has 0 aliphatic heterocycles. The number of nitrogens with one attached hydrogen (secondary N) is 1. The molecule has 0 atom stereocenters. The molecular formula is C15H22N2O3. The molecule has 0 aromatic heterocycles. The van der Waals surface area contributed by atoms with Crippen LogP contribution in [-0.4, -0.2) is 35.6 Å². The highest BCUT2D eigenvalue weighted by molar-refractivity contribution is 5.87. The van der Waals surface area contributed by atoms with Crippen LogP contribution in [0.4, 0.5) is 4.79 Å². The van der Waals surface area contributed by atoms with Crippen LogP contribution in [-0.2, 0) is 6.54 Å². The van der Waals surface area contributed by atoms with Crippen LogP contribution in [0.5, 0.6) is 0 Å². The van der Waals surface area contributed by atoms with Gasteiger partial charge in [0.25, 0.3) is 0 Å². The summed E-state index contributed by atoms with van der Waals surface area (Å²) in [6.45, 7) is 5.36. The lowest BCUT2D eigenvalue weighted by molar-refractivity contribution is 0.0697. The van der Waals surface area contributed by atoms with Gasteiger partial charge in [-0.15, -0.1) is 0 Å². The summed E-state index contributed by atoms with van der Waals surface area (Å²) in [5.74, 6) is -0.386. The van der Waals surface area contributed by atoms with Crippen LogP contribution in [0.25, 0.3) is 0 Å². The number of nitrogens with zero attached hydrogens (tertiary/aromatic N) is 1. The predicted octanol–water partition coefficient (Wildman–Crippen LogP) is 2.57. The van der Waals surface area contributed by atoms with Gasteiger partial charge >= 0.3 is 12.0 Å². The summed E-state index contributed by atoms with van der Waals surface area (Å²) in [5, 5.41) is 11.6. The number of aromatic carboxylic acids is 1. The monoisotopic (exact) mass is 278 g/mol. The van der Waals surface area contributed by atoms with Crippen LogP contribution in [0, 0.1) is 5.92 Å². The zero-order valence-corrected chi connectivity index (χ0v) is 12.2. The summed E-state index contributed by atoms with van der Waals surface area (Å²) >= 11 is 0. The number of urea groups is 1. The topological polar surface area (TPSA) is 69.6 Å². The Morgan fingerprint density at radius 2 is 1.85 bits per heavy atom. The molecule has 0 heterocycles. The molecule has 1 rings (SSSR count). The van der Waals surface area contributed by atoms with E-state index in [1.54, 1.807) is 24.1 Å². The number of carbonyl (C=O) groups is 2. The largest absolute Gasteiger partial charge is 0.478 e. The van der Waals surface area contributed by atoms with Crippen molar-refractivity contribution >= 4 is 12.0 Å². The number of benzene rings is 1. The molecule has 0 spiro atoms. The third kappa shape index (κ3) is 5.30. The number of carbonyl (C=O) groups excluding carboxylic acids is 1. The maximum absolute atomic E-state index is 11.8. The van der Waals surface area contributed by atoms with Crippen LogP contribution < -0.4 is 5.32 Å². The molecular weight excluding hydrogens is 256 g/mol. The molecule has 5 nitrogen and oxygen atoms in total. The Hall–Kier alpha value is -2.04. The van der Waals surface area contributed by atoms with E-state index in [9.17, 15) is 9.59 Å². The Morgan fingerprint density at radius 1 is 1.25 bits per heavy atom. The van der Waals surface area contributed by atoms with Crippen LogP contribution in [0.3, 0.4) is 0 Å². The molecule has 0 saturated carbocycles. The third-order valence-electron chi connectivity index (χ3n) is 3.03. The van der Waals surface area contributed by atoms with Gasteiger partial charge in [-0.25, -0.2) is 9.59 Å². The number of carboxylic acids is 1. The highest BCUT2D eigenvalue weighted by Crippen LogP contribution is 2.05. The number of hydrogen-bond acceptors (Lipinski definition) is 2. The Labute approximate surface area is 119 Å². The molecule has 0 unspecified atom stereocenters. The lowest BCUT2D eigenvalue weighted by Crippen LogP contribution is -2.37. The smallest absolute Gasteiger partial charge is 0.335 e. The van der Waals surface area contributed by atoms with E-state index >= 15 is 0 Å². The van der Waals surface area contributed by atoms with Crippen molar-refractivity contribution in [3.8, 4) is 0 Å². The van der Waals surface area contributed by atoms with Gasteiger partial charge < -0.3 is 15.3 Å². The molecule has 1 aromatic rings. The van der Waals surface area contributed by atoms with Gasteiger partial charge in [0.2, 0.25) is 0 Å². The van der Waals surface area contributed by atoms with E-state index in [1.165, 1.54) is 12.1 Å². The summed E-state index contributed by atoms with van der Waals surface area (Å²) in [6.07, 6.45) is 0.969. The van der Waals surface area contributed by atoms with E-state index in [2.05, 4.69) is 19.2 Å². The zero-order chi connectivity index (χ0) is 15.1. The highest BCUT2D eigenvalue weighted by Gasteiger charge is 2.08. The van der Waals surface area contributed by atoms with E-state index in [-0.39, 0.29) is 11.6 Å². The SMILES string of the molecule is CC(C)CCN(C)C(=O)NCc1ccc(C(=O)O)cc1. The molecule has 2 amide bonds. The molecule has 2 N–H and O–H groups in total. The van der Waals surface area contributed by atoms with Crippen LogP contribution >= 0.6 is 0 Å². The second-order valence-electron chi connectivity index (χ2n) is 5.26. The first-order valence-corrected chi connectivity index (χ1v) is 6.71. The van der Waals surface area contributed by atoms with E-state index in [0.29, 0.717) is 12.5 Å². The van der Waals surface area contributed by atoms with Gasteiger partial charge in [0.15, 0.2) is 0 Å². The Morgan fingerprint density at radius 3 is 2.35 bits per heavy atom. The molecule has 0 radical (unpaired) electrons. The fourth-order valence-electron chi connectivity index (χ4n) is 1.63. The van der Waals surface area contributed by atoms with E-state index in [0.717, 1.165) is 18.5 Å². The minimum atomic E-state index is -0.950. The lowest BCUT2D eigenvalue weighted by atomic mass is 10.1. The molecule has 0 aliphatic rings. The number of carboxylic acid groups (broad SMARTS) is 1. The summed E-state index contributed by atoms with van der Waals surface area (Å²) < 4.78 is 0. The van der Waals surface area contributed by atoms with Crippen molar-refractivity contribution in [3.05, 3.63) is 35.4 Å². The predicted molar refractivity (Wildman–Crippen MR) is 77.7 cm³/mol. The third-order valence-corrected chi connectivity index (χ3v) is 3.03. The summed E-state index contributed by atoms with van der Waals surface area (Å²) in [6, 6.07) is 6.36. The van der Waals surface area contributed by atoms with Gasteiger partial charge in [-0.1, -0.05) is 26.0 Å². The average Bonchev–Trinajstić information content (AvgIpc) is 2.42. The van der Waals surface area contributed by atoms with Crippen molar-refractivity contribution in [2.75, 3.05) is 13.6 Å². The second-order valence-corrected chi connectivity index (χ2v) is 5.26.